The van der Waals surface area contributed by atoms with Gasteiger partial charge in [0.05, 0.1) is 6.42 Å². The van der Waals surface area contributed by atoms with Crippen molar-refractivity contribution in [1.82, 2.24) is 5.32 Å². The summed E-state index contributed by atoms with van der Waals surface area (Å²) in [5.74, 6) is 1.56. The van der Waals surface area contributed by atoms with Crippen LogP contribution in [0.5, 0.6) is 11.5 Å². The molecule has 3 rings (SSSR count). The minimum absolute atomic E-state index is 0.124. The highest BCUT2D eigenvalue weighted by atomic mass is 32.2. The summed E-state index contributed by atoms with van der Waals surface area (Å²) < 4.78 is 10.9. The molecule has 6 nitrogen and oxygen atoms in total. The van der Waals surface area contributed by atoms with Crippen LogP contribution in [-0.4, -0.2) is 47.2 Å². The number of thioether (sulfide) groups is 1. The Bertz CT molecular complexity index is 612. The Hall–Kier alpha value is -1.89. The van der Waals surface area contributed by atoms with Crippen LogP contribution in [0, 0.1) is 0 Å². The molecule has 0 bridgehead atoms. The Morgan fingerprint density at radius 1 is 1.17 bits per heavy atom. The summed E-state index contributed by atoms with van der Waals surface area (Å²) in [6.45, 7) is 1.01. The zero-order valence-electron chi connectivity index (χ0n) is 12.7. The van der Waals surface area contributed by atoms with Crippen LogP contribution >= 0.6 is 11.8 Å². The second-order valence-electron chi connectivity index (χ2n) is 5.70. The van der Waals surface area contributed by atoms with Crippen LogP contribution in [-0.2, 0) is 16.0 Å². The number of carboxylic acids is 1. The zero-order valence-corrected chi connectivity index (χ0v) is 13.5. The van der Waals surface area contributed by atoms with E-state index in [1.54, 1.807) is 30.0 Å². The van der Waals surface area contributed by atoms with Crippen molar-refractivity contribution in [3.63, 3.8) is 0 Å². The normalized spacial score (nSPS) is 19.0. The smallest absolute Gasteiger partial charge is 0.329 e. The number of hydrogen-bond acceptors (Lipinski definition) is 5. The predicted molar refractivity (Wildman–Crippen MR) is 86.2 cm³/mol. The van der Waals surface area contributed by atoms with Gasteiger partial charge in [-0.25, -0.2) is 4.79 Å². The molecule has 2 N–H and O–H groups in total. The number of hydrogen-bond donors (Lipinski definition) is 2. The molecular weight excluding hydrogens is 318 g/mol. The fraction of sp³-hybridized carbons (Fsp3) is 0.500. The summed E-state index contributed by atoms with van der Waals surface area (Å²) in [4.78, 5) is 23.9. The van der Waals surface area contributed by atoms with Crippen LogP contribution < -0.4 is 14.8 Å². The summed E-state index contributed by atoms with van der Waals surface area (Å²) in [5.41, 5.74) is -0.353. The summed E-state index contributed by atoms with van der Waals surface area (Å²) >= 11 is 1.72. The van der Waals surface area contributed by atoms with E-state index in [9.17, 15) is 14.7 Å². The van der Waals surface area contributed by atoms with Crippen molar-refractivity contribution in [3.8, 4) is 11.5 Å². The van der Waals surface area contributed by atoms with E-state index in [4.69, 9.17) is 9.47 Å². The van der Waals surface area contributed by atoms with Gasteiger partial charge in [-0.15, -0.1) is 0 Å². The predicted octanol–water partition coefficient (Wildman–Crippen LogP) is 1.47. The van der Waals surface area contributed by atoms with Gasteiger partial charge < -0.3 is 19.9 Å². The van der Waals surface area contributed by atoms with Gasteiger partial charge in [-0.1, -0.05) is 6.07 Å². The van der Waals surface area contributed by atoms with Crippen LogP contribution in [0.1, 0.15) is 18.4 Å². The standard InChI is InChI=1S/C16H19NO5S/c18-14(17-16(15(19)20)3-7-23-8-4-16)10-11-1-2-12-13(9-11)22-6-5-21-12/h1-2,9H,3-8,10H2,(H,17,18)(H,19,20). The minimum atomic E-state index is -1.13. The zero-order chi connectivity index (χ0) is 16.3. The Morgan fingerprint density at radius 2 is 1.87 bits per heavy atom. The molecule has 2 heterocycles. The lowest BCUT2D eigenvalue weighted by Crippen LogP contribution is -2.56. The average Bonchev–Trinajstić information content (AvgIpc) is 2.55. The number of amides is 1. The molecule has 7 heteroatoms. The quantitative estimate of drug-likeness (QED) is 0.865. The molecule has 2 aliphatic heterocycles. The lowest BCUT2D eigenvalue weighted by Gasteiger charge is -2.33. The molecule has 0 aliphatic carbocycles. The third kappa shape index (κ3) is 3.55. The Balaban J connectivity index is 1.67. The molecule has 1 aromatic carbocycles. The van der Waals surface area contributed by atoms with E-state index in [1.807, 2.05) is 0 Å². The second-order valence-corrected chi connectivity index (χ2v) is 6.93. The number of carbonyl (C=O) groups is 2. The number of aliphatic carboxylic acids is 1. The van der Waals surface area contributed by atoms with Crippen molar-refractivity contribution in [2.45, 2.75) is 24.8 Å². The summed E-state index contributed by atoms with van der Waals surface area (Å²) in [7, 11) is 0. The second kappa shape index (κ2) is 6.70. The maximum atomic E-state index is 12.3. The lowest BCUT2D eigenvalue weighted by atomic mass is 9.92. The van der Waals surface area contributed by atoms with Crippen LogP contribution in [0.2, 0.25) is 0 Å². The first-order chi connectivity index (χ1) is 11.1. The van der Waals surface area contributed by atoms with Gasteiger partial charge in [0.15, 0.2) is 11.5 Å². The molecule has 0 atom stereocenters. The summed E-state index contributed by atoms with van der Waals surface area (Å²) in [6.07, 6.45) is 1.04. The van der Waals surface area contributed by atoms with E-state index in [-0.39, 0.29) is 12.3 Å². The number of carboxylic acid groups (broad SMARTS) is 1. The molecule has 1 aromatic rings. The molecular formula is C16H19NO5S. The van der Waals surface area contributed by atoms with Crippen molar-refractivity contribution in [2.75, 3.05) is 24.7 Å². The van der Waals surface area contributed by atoms with Gasteiger partial charge in [-0.3, -0.25) is 4.79 Å². The lowest BCUT2D eigenvalue weighted by molar-refractivity contribution is -0.148. The third-order valence-corrected chi connectivity index (χ3v) is 5.09. The van der Waals surface area contributed by atoms with Gasteiger partial charge in [-0.05, 0) is 42.0 Å². The van der Waals surface area contributed by atoms with Crippen molar-refractivity contribution >= 4 is 23.6 Å². The van der Waals surface area contributed by atoms with Crippen LogP contribution in [0.15, 0.2) is 18.2 Å². The van der Waals surface area contributed by atoms with E-state index in [0.29, 0.717) is 37.6 Å². The highest BCUT2D eigenvalue weighted by Gasteiger charge is 2.41. The number of nitrogens with one attached hydrogen (secondary N) is 1. The molecule has 0 unspecified atom stereocenters. The number of fused-ring (bicyclic) bond motifs is 1. The van der Waals surface area contributed by atoms with Crippen molar-refractivity contribution in [2.24, 2.45) is 0 Å². The molecule has 1 fully saturated rings. The highest BCUT2D eigenvalue weighted by molar-refractivity contribution is 7.99. The highest BCUT2D eigenvalue weighted by Crippen LogP contribution is 2.31. The first-order valence-corrected chi connectivity index (χ1v) is 8.75. The fourth-order valence-corrected chi connectivity index (χ4v) is 4.00. The van der Waals surface area contributed by atoms with Crippen molar-refractivity contribution in [3.05, 3.63) is 23.8 Å². The van der Waals surface area contributed by atoms with Gasteiger partial charge in [0, 0.05) is 0 Å². The molecule has 1 saturated heterocycles. The summed E-state index contributed by atoms with van der Waals surface area (Å²) in [5, 5.41) is 12.2. The van der Waals surface area contributed by atoms with Crippen LogP contribution in [0.4, 0.5) is 0 Å². The maximum absolute atomic E-state index is 12.3. The van der Waals surface area contributed by atoms with E-state index in [1.165, 1.54) is 0 Å². The van der Waals surface area contributed by atoms with E-state index in [0.717, 1.165) is 17.1 Å². The number of ether oxygens (including phenoxy) is 2. The monoisotopic (exact) mass is 337 g/mol. The molecule has 23 heavy (non-hydrogen) atoms. The SMILES string of the molecule is O=C(Cc1ccc2c(c1)OCCO2)NC1(C(=O)O)CCSCC1. The number of benzene rings is 1. The largest absolute Gasteiger partial charge is 0.486 e. The first-order valence-electron chi connectivity index (χ1n) is 7.60. The molecule has 0 spiro atoms. The Morgan fingerprint density at radius 3 is 2.57 bits per heavy atom. The molecule has 1 amide bonds. The van der Waals surface area contributed by atoms with E-state index < -0.39 is 11.5 Å². The van der Waals surface area contributed by atoms with Gasteiger partial charge in [0.25, 0.3) is 0 Å². The topological polar surface area (TPSA) is 84.9 Å². The van der Waals surface area contributed by atoms with Crippen molar-refractivity contribution in [1.29, 1.82) is 0 Å². The van der Waals surface area contributed by atoms with Crippen LogP contribution in [0.25, 0.3) is 0 Å². The van der Waals surface area contributed by atoms with Gasteiger partial charge in [-0.2, -0.15) is 11.8 Å². The first kappa shape index (κ1) is 16.0. The Labute approximate surface area is 138 Å². The van der Waals surface area contributed by atoms with Gasteiger partial charge >= 0.3 is 5.97 Å². The average molecular weight is 337 g/mol. The molecule has 0 aromatic heterocycles. The number of carbonyl (C=O) groups excluding carboxylic acids is 1. The molecule has 2 aliphatic rings. The van der Waals surface area contributed by atoms with E-state index >= 15 is 0 Å². The number of rotatable bonds is 4. The Kier molecular flexibility index (Phi) is 4.66. The molecule has 124 valence electrons. The molecule has 0 saturated carbocycles. The maximum Gasteiger partial charge on any atom is 0.329 e. The third-order valence-electron chi connectivity index (χ3n) is 4.11. The fourth-order valence-electron chi connectivity index (χ4n) is 2.81. The van der Waals surface area contributed by atoms with Gasteiger partial charge in [0.1, 0.15) is 18.8 Å². The van der Waals surface area contributed by atoms with E-state index in [2.05, 4.69) is 5.32 Å². The van der Waals surface area contributed by atoms with Crippen molar-refractivity contribution < 1.29 is 24.2 Å². The molecule has 0 radical (unpaired) electrons. The van der Waals surface area contributed by atoms with Crippen LogP contribution in [0.3, 0.4) is 0 Å². The summed E-state index contributed by atoms with van der Waals surface area (Å²) in [6, 6.07) is 5.36. The van der Waals surface area contributed by atoms with Gasteiger partial charge in [0.2, 0.25) is 5.91 Å². The minimum Gasteiger partial charge on any atom is -0.486 e.